The molecule has 2 aromatic rings. The number of aliphatic imine (C=N–C) groups is 1. The van der Waals surface area contributed by atoms with E-state index < -0.39 is 9.84 Å². The molecule has 0 saturated carbocycles. The van der Waals surface area contributed by atoms with E-state index in [-0.39, 0.29) is 17.7 Å². The summed E-state index contributed by atoms with van der Waals surface area (Å²) < 4.78 is 22.8. The van der Waals surface area contributed by atoms with Crippen molar-refractivity contribution in [3.05, 3.63) is 65.7 Å². The fourth-order valence-corrected chi connectivity index (χ4v) is 4.19. The Labute approximate surface area is 178 Å². The fraction of sp³-hybridized carbons (Fsp3) is 0.364. The summed E-state index contributed by atoms with van der Waals surface area (Å²) in [5.41, 5.74) is 2.65. The minimum absolute atomic E-state index is 0.0207. The van der Waals surface area contributed by atoms with Crippen molar-refractivity contribution in [2.75, 3.05) is 24.2 Å². The standard InChI is InChI=1S/C22H28N4O3S/c1-3-23-22(24-14-17-9-11-18(12-10-17)16-30(2,28)29)25-19-13-21(27)26(15-19)20-7-5-4-6-8-20/h4-12,19H,3,13-16H2,1-2H3,(H2,23,24,25). The fourth-order valence-electron chi connectivity index (χ4n) is 3.39. The molecule has 30 heavy (non-hydrogen) atoms. The molecule has 1 fully saturated rings. The Morgan fingerprint density at radius 2 is 1.77 bits per heavy atom. The number of anilines is 1. The summed E-state index contributed by atoms with van der Waals surface area (Å²) in [6.07, 6.45) is 1.64. The monoisotopic (exact) mass is 428 g/mol. The highest BCUT2D eigenvalue weighted by Gasteiger charge is 2.31. The highest BCUT2D eigenvalue weighted by molar-refractivity contribution is 7.89. The van der Waals surface area contributed by atoms with Crippen molar-refractivity contribution in [2.24, 2.45) is 4.99 Å². The third kappa shape index (κ3) is 6.32. The second kappa shape index (κ2) is 9.75. The zero-order valence-electron chi connectivity index (χ0n) is 17.3. The van der Waals surface area contributed by atoms with Crippen LogP contribution in [0, 0.1) is 0 Å². The van der Waals surface area contributed by atoms with Crippen LogP contribution in [0.15, 0.2) is 59.6 Å². The minimum atomic E-state index is -3.04. The molecule has 8 heteroatoms. The number of rotatable bonds is 7. The first-order valence-corrected chi connectivity index (χ1v) is 12.1. The molecular weight excluding hydrogens is 400 g/mol. The summed E-state index contributed by atoms with van der Waals surface area (Å²) in [4.78, 5) is 18.8. The van der Waals surface area contributed by atoms with Gasteiger partial charge in [0.05, 0.1) is 18.3 Å². The van der Waals surface area contributed by atoms with Gasteiger partial charge in [0.15, 0.2) is 15.8 Å². The number of sulfone groups is 1. The molecule has 1 atom stereocenters. The Kier molecular flexibility index (Phi) is 7.10. The minimum Gasteiger partial charge on any atom is -0.357 e. The van der Waals surface area contributed by atoms with Crippen LogP contribution in [0.1, 0.15) is 24.5 Å². The predicted octanol–water partition coefficient (Wildman–Crippen LogP) is 2.09. The molecule has 7 nitrogen and oxygen atoms in total. The Hall–Kier alpha value is -2.87. The number of para-hydroxylation sites is 1. The Bertz CT molecular complexity index is 989. The van der Waals surface area contributed by atoms with Gasteiger partial charge in [0.1, 0.15) is 0 Å². The average molecular weight is 429 g/mol. The van der Waals surface area contributed by atoms with E-state index in [9.17, 15) is 13.2 Å². The van der Waals surface area contributed by atoms with Gasteiger partial charge in [0.2, 0.25) is 5.91 Å². The molecule has 0 aliphatic carbocycles. The van der Waals surface area contributed by atoms with E-state index in [1.165, 1.54) is 6.26 Å². The van der Waals surface area contributed by atoms with Crippen LogP contribution >= 0.6 is 0 Å². The highest BCUT2D eigenvalue weighted by atomic mass is 32.2. The van der Waals surface area contributed by atoms with E-state index in [0.717, 1.165) is 16.8 Å². The van der Waals surface area contributed by atoms with Gasteiger partial charge < -0.3 is 15.5 Å². The number of hydrogen-bond donors (Lipinski definition) is 2. The number of amides is 1. The second-order valence-electron chi connectivity index (χ2n) is 7.47. The van der Waals surface area contributed by atoms with Crippen molar-refractivity contribution in [3.8, 4) is 0 Å². The van der Waals surface area contributed by atoms with E-state index in [0.29, 0.717) is 32.0 Å². The second-order valence-corrected chi connectivity index (χ2v) is 9.61. The van der Waals surface area contributed by atoms with Crippen LogP contribution in [-0.2, 0) is 26.9 Å². The lowest BCUT2D eigenvalue weighted by atomic mass is 10.1. The number of carbonyl (C=O) groups is 1. The molecule has 0 bridgehead atoms. The Morgan fingerprint density at radius 1 is 1.10 bits per heavy atom. The summed E-state index contributed by atoms with van der Waals surface area (Å²) in [5.74, 6) is 0.787. The quantitative estimate of drug-likeness (QED) is 0.521. The average Bonchev–Trinajstić information content (AvgIpc) is 3.07. The number of hydrogen-bond acceptors (Lipinski definition) is 4. The maximum atomic E-state index is 12.4. The van der Waals surface area contributed by atoms with Crippen LogP contribution in [0.25, 0.3) is 0 Å². The van der Waals surface area contributed by atoms with Gasteiger partial charge in [0.25, 0.3) is 0 Å². The number of benzene rings is 2. The Balaban J connectivity index is 1.62. The van der Waals surface area contributed by atoms with Gasteiger partial charge in [-0.25, -0.2) is 13.4 Å². The van der Waals surface area contributed by atoms with Crippen LogP contribution < -0.4 is 15.5 Å². The molecule has 3 rings (SSSR count). The molecule has 0 radical (unpaired) electrons. The molecule has 1 amide bonds. The van der Waals surface area contributed by atoms with Gasteiger partial charge in [-0.1, -0.05) is 42.5 Å². The number of nitrogens with zero attached hydrogens (tertiary/aromatic N) is 2. The van der Waals surface area contributed by atoms with Gasteiger partial charge in [-0.15, -0.1) is 0 Å². The van der Waals surface area contributed by atoms with Crippen molar-refractivity contribution in [1.29, 1.82) is 0 Å². The number of carbonyl (C=O) groups excluding carboxylic acids is 1. The van der Waals surface area contributed by atoms with Gasteiger partial charge in [0, 0.05) is 31.5 Å². The normalized spacial score (nSPS) is 17.3. The van der Waals surface area contributed by atoms with Crippen LogP contribution in [0.4, 0.5) is 5.69 Å². The van der Waals surface area contributed by atoms with Gasteiger partial charge in [-0.2, -0.15) is 0 Å². The lowest BCUT2D eigenvalue weighted by Gasteiger charge is -2.19. The summed E-state index contributed by atoms with van der Waals surface area (Å²) in [6.45, 7) is 3.75. The summed E-state index contributed by atoms with van der Waals surface area (Å²) in [5, 5.41) is 6.58. The van der Waals surface area contributed by atoms with Crippen LogP contribution in [0.3, 0.4) is 0 Å². The SMILES string of the molecule is CCNC(=NCc1ccc(CS(C)(=O)=O)cc1)NC1CC(=O)N(c2ccccc2)C1. The topological polar surface area (TPSA) is 90.9 Å². The molecule has 1 aliphatic heterocycles. The van der Waals surface area contributed by atoms with E-state index in [1.807, 2.05) is 61.5 Å². The van der Waals surface area contributed by atoms with Crippen molar-refractivity contribution < 1.29 is 13.2 Å². The zero-order valence-corrected chi connectivity index (χ0v) is 18.2. The maximum absolute atomic E-state index is 12.4. The van der Waals surface area contributed by atoms with Crippen molar-refractivity contribution in [3.63, 3.8) is 0 Å². The molecule has 160 valence electrons. The summed E-state index contributed by atoms with van der Waals surface area (Å²) >= 11 is 0. The molecule has 2 aromatic carbocycles. The summed E-state index contributed by atoms with van der Waals surface area (Å²) in [6, 6.07) is 17.1. The third-order valence-corrected chi connectivity index (χ3v) is 5.61. The smallest absolute Gasteiger partial charge is 0.229 e. The third-order valence-electron chi connectivity index (χ3n) is 4.75. The molecule has 0 spiro atoms. The van der Waals surface area contributed by atoms with Crippen molar-refractivity contribution in [2.45, 2.75) is 31.7 Å². The van der Waals surface area contributed by atoms with Crippen molar-refractivity contribution in [1.82, 2.24) is 10.6 Å². The molecule has 1 aliphatic rings. The van der Waals surface area contributed by atoms with Crippen LogP contribution in [0.5, 0.6) is 0 Å². The highest BCUT2D eigenvalue weighted by Crippen LogP contribution is 2.21. The van der Waals surface area contributed by atoms with E-state index in [4.69, 9.17) is 0 Å². The molecular formula is C22H28N4O3S. The molecule has 1 saturated heterocycles. The lowest BCUT2D eigenvalue weighted by molar-refractivity contribution is -0.117. The van der Waals surface area contributed by atoms with Gasteiger partial charge in [-0.05, 0) is 30.2 Å². The maximum Gasteiger partial charge on any atom is 0.229 e. The van der Waals surface area contributed by atoms with Gasteiger partial charge in [-0.3, -0.25) is 4.79 Å². The molecule has 1 unspecified atom stereocenters. The van der Waals surface area contributed by atoms with Crippen LogP contribution in [-0.4, -0.2) is 45.7 Å². The molecule has 2 N–H and O–H groups in total. The molecule has 1 heterocycles. The van der Waals surface area contributed by atoms with E-state index >= 15 is 0 Å². The predicted molar refractivity (Wildman–Crippen MR) is 120 cm³/mol. The van der Waals surface area contributed by atoms with E-state index in [2.05, 4.69) is 15.6 Å². The summed E-state index contributed by atoms with van der Waals surface area (Å²) in [7, 11) is -3.04. The Morgan fingerprint density at radius 3 is 2.40 bits per heavy atom. The largest absolute Gasteiger partial charge is 0.357 e. The first-order chi connectivity index (χ1) is 14.3. The molecule has 0 aromatic heterocycles. The first-order valence-electron chi connectivity index (χ1n) is 10.00. The van der Waals surface area contributed by atoms with Gasteiger partial charge >= 0.3 is 0 Å². The van der Waals surface area contributed by atoms with Crippen LogP contribution in [0.2, 0.25) is 0 Å². The number of nitrogens with one attached hydrogen (secondary N) is 2. The lowest BCUT2D eigenvalue weighted by Crippen LogP contribution is -2.44. The van der Waals surface area contributed by atoms with Crippen molar-refractivity contribution >= 4 is 27.4 Å². The zero-order chi connectivity index (χ0) is 21.6. The van der Waals surface area contributed by atoms with E-state index in [1.54, 1.807) is 4.90 Å². The first kappa shape index (κ1) is 21.8. The number of guanidine groups is 1.